The third-order valence-electron chi connectivity index (χ3n) is 5.65. The van der Waals surface area contributed by atoms with E-state index in [0.29, 0.717) is 0 Å². The minimum absolute atomic E-state index is 0.0770. The smallest absolute Gasteiger partial charge is 0.116 e. The van der Waals surface area contributed by atoms with Crippen LogP contribution in [-0.4, -0.2) is 9.97 Å². The van der Waals surface area contributed by atoms with Gasteiger partial charge in [0.1, 0.15) is 6.33 Å². The number of hydrogen-bond acceptors (Lipinski definition) is 5. The number of aromatic nitrogens is 2. The van der Waals surface area contributed by atoms with Crippen LogP contribution in [0.2, 0.25) is 0 Å². The summed E-state index contributed by atoms with van der Waals surface area (Å²) in [7, 11) is 0. The second-order valence-electron chi connectivity index (χ2n) is 8.86. The predicted octanol–water partition coefficient (Wildman–Crippen LogP) is 8.55. The molecule has 4 heterocycles. The van der Waals surface area contributed by atoms with Gasteiger partial charge in [-0.15, -0.1) is 34.0 Å². The van der Waals surface area contributed by atoms with Gasteiger partial charge in [0, 0.05) is 29.9 Å². The first-order valence-electron chi connectivity index (χ1n) is 9.98. The van der Waals surface area contributed by atoms with Crippen LogP contribution in [0.15, 0.2) is 48.1 Å². The van der Waals surface area contributed by atoms with E-state index in [0.717, 1.165) is 11.2 Å². The summed E-state index contributed by atoms with van der Waals surface area (Å²) in [5.74, 6) is 0. The SMILES string of the molecule is Cc1cc2cc3sc4c(-c5cc(C(C)(C)C)c6sccc6c5)ncnc4c3cc2s1. The number of nitrogens with zero attached hydrogens (tertiary/aromatic N) is 2. The molecule has 0 saturated carbocycles. The Hall–Kier alpha value is -2.34. The van der Waals surface area contributed by atoms with Crippen LogP contribution in [0.1, 0.15) is 31.2 Å². The summed E-state index contributed by atoms with van der Waals surface area (Å²) in [5.41, 5.74) is 4.75. The van der Waals surface area contributed by atoms with Crippen LogP contribution < -0.4 is 0 Å². The normalized spacial score (nSPS) is 12.7. The molecule has 0 aliphatic heterocycles. The summed E-state index contributed by atoms with van der Waals surface area (Å²) in [6, 6.07) is 13.7. The maximum Gasteiger partial charge on any atom is 0.116 e. The average Bonchev–Trinajstić information content (AvgIpc) is 3.39. The van der Waals surface area contributed by atoms with E-state index in [1.54, 1.807) is 6.33 Å². The Morgan fingerprint density at radius 2 is 1.70 bits per heavy atom. The zero-order valence-electron chi connectivity index (χ0n) is 17.2. The van der Waals surface area contributed by atoms with E-state index < -0.39 is 0 Å². The van der Waals surface area contributed by atoms with Crippen LogP contribution in [-0.2, 0) is 5.41 Å². The molecule has 4 aromatic heterocycles. The second-order valence-corrected chi connectivity index (χ2v) is 12.1. The van der Waals surface area contributed by atoms with E-state index in [4.69, 9.17) is 9.97 Å². The molecule has 30 heavy (non-hydrogen) atoms. The molecule has 2 nitrogen and oxygen atoms in total. The minimum Gasteiger partial charge on any atom is -0.235 e. The number of aryl methyl sites for hydroxylation is 1. The van der Waals surface area contributed by atoms with Crippen molar-refractivity contribution >= 4 is 74.5 Å². The predicted molar refractivity (Wildman–Crippen MR) is 135 cm³/mol. The largest absolute Gasteiger partial charge is 0.235 e. The quantitative estimate of drug-likeness (QED) is 0.254. The third-order valence-corrected chi connectivity index (χ3v) is 8.77. The molecular weight excluding hydrogens is 424 g/mol. The molecule has 0 aliphatic rings. The van der Waals surface area contributed by atoms with E-state index in [1.807, 2.05) is 34.0 Å². The van der Waals surface area contributed by atoms with Gasteiger partial charge in [0.15, 0.2) is 0 Å². The lowest BCUT2D eigenvalue weighted by Gasteiger charge is -2.21. The fourth-order valence-electron chi connectivity index (χ4n) is 4.22. The van der Waals surface area contributed by atoms with Crippen molar-refractivity contribution in [1.82, 2.24) is 9.97 Å². The van der Waals surface area contributed by atoms with Crippen LogP contribution in [0.5, 0.6) is 0 Å². The molecule has 5 heteroatoms. The number of benzene rings is 2. The van der Waals surface area contributed by atoms with Gasteiger partial charge < -0.3 is 0 Å². The zero-order valence-corrected chi connectivity index (χ0v) is 19.7. The van der Waals surface area contributed by atoms with Crippen LogP contribution in [0, 0.1) is 6.92 Å². The van der Waals surface area contributed by atoms with Gasteiger partial charge >= 0.3 is 0 Å². The fraction of sp³-hybridized carbons (Fsp3) is 0.200. The highest BCUT2D eigenvalue weighted by molar-refractivity contribution is 7.26. The van der Waals surface area contributed by atoms with Gasteiger partial charge in [-0.05, 0) is 70.5 Å². The first-order chi connectivity index (χ1) is 14.4. The Bertz CT molecular complexity index is 1590. The molecule has 0 amide bonds. The minimum atomic E-state index is 0.0770. The molecule has 0 fully saturated rings. The Balaban J connectivity index is 1.66. The first-order valence-corrected chi connectivity index (χ1v) is 12.5. The van der Waals surface area contributed by atoms with E-state index in [9.17, 15) is 0 Å². The number of fused-ring (bicyclic) bond motifs is 5. The molecule has 0 atom stereocenters. The Labute approximate surface area is 186 Å². The summed E-state index contributed by atoms with van der Waals surface area (Å²) >= 11 is 5.49. The molecule has 0 bridgehead atoms. The Morgan fingerprint density at radius 3 is 2.53 bits per heavy atom. The first kappa shape index (κ1) is 18.4. The summed E-state index contributed by atoms with van der Waals surface area (Å²) in [4.78, 5) is 10.8. The highest BCUT2D eigenvalue weighted by Crippen LogP contribution is 2.43. The molecule has 6 aromatic rings. The molecule has 0 unspecified atom stereocenters. The molecule has 0 aliphatic carbocycles. The van der Waals surface area contributed by atoms with Gasteiger partial charge in [-0.3, -0.25) is 0 Å². The standard InChI is InChI=1S/C25H20N2S3/c1-13-7-15-10-20-17(11-19(15)29-13)22-24(30-20)21(26-12-27-22)16-8-14-5-6-28-23(14)18(9-16)25(2,3)4/h5-12H,1-4H3. The van der Waals surface area contributed by atoms with Crippen LogP contribution in [0.3, 0.4) is 0 Å². The lowest BCUT2D eigenvalue weighted by molar-refractivity contribution is 0.597. The summed E-state index contributed by atoms with van der Waals surface area (Å²) in [5, 5.41) is 6.04. The van der Waals surface area contributed by atoms with Crippen molar-refractivity contribution in [3.63, 3.8) is 0 Å². The van der Waals surface area contributed by atoms with Crippen LogP contribution >= 0.6 is 34.0 Å². The highest BCUT2D eigenvalue weighted by atomic mass is 32.1. The van der Waals surface area contributed by atoms with Gasteiger partial charge in [0.2, 0.25) is 0 Å². The van der Waals surface area contributed by atoms with Crippen LogP contribution in [0.4, 0.5) is 0 Å². The van der Waals surface area contributed by atoms with Crippen molar-refractivity contribution in [1.29, 1.82) is 0 Å². The summed E-state index contributed by atoms with van der Waals surface area (Å²) < 4.78 is 5.17. The lowest BCUT2D eigenvalue weighted by atomic mass is 9.85. The van der Waals surface area contributed by atoms with E-state index in [1.165, 1.54) is 51.0 Å². The topological polar surface area (TPSA) is 25.8 Å². The summed E-state index contributed by atoms with van der Waals surface area (Å²) in [6.45, 7) is 9.03. The van der Waals surface area contributed by atoms with E-state index >= 15 is 0 Å². The fourth-order valence-corrected chi connectivity index (χ4v) is 7.47. The van der Waals surface area contributed by atoms with Crippen molar-refractivity contribution < 1.29 is 0 Å². The number of hydrogen-bond donors (Lipinski definition) is 0. The van der Waals surface area contributed by atoms with Crippen molar-refractivity contribution in [2.24, 2.45) is 0 Å². The van der Waals surface area contributed by atoms with E-state index in [2.05, 4.69) is 69.5 Å². The maximum absolute atomic E-state index is 4.76. The van der Waals surface area contributed by atoms with Crippen molar-refractivity contribution in [2.75, 3.05) is 0 Å². The van der Waals surface area contributed by atoms with E-state index in [-0.39, 0.29) is 5.41 Å². The monoisotopic (exact) mass is 444 g/mol. The molecular formula is C25H20N2S3. The van der Waals surface area contributed by atoms with Crippen molar-refractivity contribution in [2.45, 2.75) is 33.1 Å². The van der Waals surface area contributed by atoms with Gasteiger partial charge in [-0.1, -0.05) is 20.8 Å². The molecule has 0 N–H and O–H groups in total. The number of rotatable bonds is 1. The number of thiophene rings is 3. The lowest BCUT2D eigenvalue weighted by Crippen LogP contribution is -2.11. The molecule has 6 rings (SSSR count). The maximum atomic E-state index is 4.76. The van der Waals surface area contributed by atoms with Crippen molar-refractivity contribution in [3.8, 4) is 11.3 Å². The van der Waals surface area contributed by atoms with Crippen molar-refractivity contribution in [3.05, 3.63) is 58.5 Å². The van der Waals surface area contributed by atoms with Crippen LogP contribution in [0.25, 0.3) is 51.7 Å². The molecule has 0 spiro atoms. The second kappa shape index (κ2) is 6.33. The Morgan fingerprint density at radius 1 is 0.833 bits per heavy atom. The molecule has 148 valence electrons. The third kappa shape index (κ3) is 2.73. The van der Waals surface area contributed by atoms with Gasteiger partial charge in [-0.25, -0.2) is 9.97 Å². The van der Waals surface area contributed by atoms with Gasteiger partial charge in [0.25, 0.3) is 0 Å². The molecule has 2 aromatic carbocycles. The molecule has 0 radical (unpaired) electrons. The average molecular weight is 445 g/mol. The zero-order chi connectivity index (χ0) is 20.6. The Kier molecular flexibility index (Phi) is 3.89. The molecule has 0 saturated heterocycles. The van der Waals surface area contributed by atoms with Gasteiger partial charge in [-0.2, -0.15) is 0 Å². The highest BCUT2D eigenvalue weighted by Gasteiger charge is 2.21. The summed E-state index contributed by atoms with van der Waals surface area (Å²) in [6.07, 6.45) is 1.72. The van der Waals surface area contributed by atoms with Gasteiger partial charge in [0.05, 0.1) is 15.9 Å².